The fourth-order valence-electron chi connectivity index (χ4n) is 1.90. The molecule has 102 valence electrons. The van der Waals surface area contributed by atoms with Crippen molar-refractivity contribution in [3.63, 3.8) is 0 Å². The first-order valence-electron chi connectivity index (χ1n) is 6.39. The largest absolute Gasteiger partial charge is 0.473 e. The lowest BCUT2D eigenvalue weighted by atomic mass is 9.99. The van der Waals surface area contributed by atoms with Crippen LogP contribution in [0.2, 0.25) is 0 Å². The zero-order valence-electron chi connectivity index (χ0n) is 11.8. The minimum Gasteiger partial charge on any atom is -0.473 e. The SMILES string of the molecule is CC1O/C(=C\C(=S)Nc2ccccc2)N(C)C1(C)C. The molecule has 1 saturated heterocycles. The van der Waals surface area contributed by atoms with Crippen molar-refractivity contribution >= 4 is 22.9 Å². The minimum absolute atomic E-state index is 0.0196. The summed E-state index contributed by atoms with van der Waals surface area (Å²) < 4.78 is 5.86. The molecule has 0 amide bonds. The van der Waals surface area contributed by atoms with Crippen LogP contribution in [0.4, 0.5) is 5.69 Å². The fraction of sp³-hybridized carbons (Fsp3) is 0.400. The first-order chi connectivity index (χ1) is 8.91. The van der Waals surface area contributed by atoms with Crippen LogP contribution in [0.25, 0.3) is 0 Å². The molecule has 0 aromatic heterocycles. The standard InChI is InChI=1S/C15H20N2OS/c1-11-15(2,3)17(4)14(18-11)10-13(19)16-12-8-6-5-7-9-12/h5-11H,1-4H3,(H,16,19)/b14-10-. The summed E-state index contributed by atoms with van der Waals surface area (Å²) in [5.41, 5.74) is 0.964. The van der Waals surface area contributed by atoms with Crippen LogP contribution < -0.4 is 5.32 Å². The van der Waals surface area contributed by atoms with Crippen molar-refractivity contribution < 1.29 is 4.74 Å². The molecule has 1 aliphatic heterocycles. The van der Waals surface area contributed by atoms with E-state index in [1.165, 1.54) is 0 Å². The van der Waals surface area contributed by atoms with E-state index in [0.717, 1.165) is 11.6 Å². The summed E-state index contributed by atoms with van der Waals surface area (Å²) in [4.78, 5) is 2.77. The summed E-state index contributed by atoms with van der Waals surface area (Å²) in [6, 6.07) is 9.89. The maximum atomic E-state index is 5.86. The predicted molar refractivity (Wildman–Crippen MR) is 83.1 cm³/mol. The molecule has 1 N–H and O–H groups in total. The molecule has 1 fully saturated rings. The number of rotatable bonds is 2. The van der Waals surface area contributed by atoms with Crippen molar-refractivity contribution in [1.82, 2.24) is 4.90 Å². The Morgan fingerprint density at radius 2 is 2.00 bits per heavy atom. The van der Waals surface area contributed by atoms with Crippen molar-refractivity contribution in [2.45, 2.75) is 32.4 Å². The van der Waals surface area contributed by atoms with Crippen molar-refractivity contribution in [1.29, 1.82) is 0 Å². The molecule has 1 heterocycles. The summed E-state index contributed by atoms with van der Waals surface area (Å²) in [5, 5.41) is 3.18. The molecular formula is C15H20N2OS. The van der Waals surface area contributed by atoms with Crippen molar-refractivity contribution in [3.8, 4) is 0 Å². The zero-order chi connectivity index (χ0) is 14.0. The zero-order valence-corrected chi connectivity index (χ0v) is 12.6. The van der Waals surface area contributed by atoms with E-state index in [1.807, 2.05) is 43.5 Å². The topological polar surface area (TPSA) is 24.5 Å². The van der Waals surface area contributed by atoms with Gasteiger partial charge < -0.3 is 15.0 Å². The second-order valence-corrected chi connectivity index (χ2v) is 5.75. The van der Waals surface area contributed by atoms with Crippen molar-refractivity contribution in [2.24, 2.45) is 0 Å². The Kier molecular flexibility index (Phi) is 3.80. The molecule has 4 heteroatoms. The third-order valence-corrected chi connectivity index (χ3v) is 4.00. The molecule has 0 radical (unpaired) electrons. The van der Waals surface area contributed by atoms with Gasteiger partial charge in [-0.3, -0.25) is 0 Å². The lowest BCUT2D eigenvalue weighted by Gasteiger charge is -2.28. The van der Waals surface area contributed by atoms with Gasteiger partial charge in [0.15, 0.2) is 5.88 Å². The van der Waals surface area contributed by atoms with Gasteiger partial charge in [-0.2, -0.15) is 0 Å². The number of ether oxygens (including phenoxy) is 1. The highest BCUT2D eigenvalue weighted by molar-refractivity contribution is 7.81. The van der Waals surface area contributed by atoms with Crippen LogP contribution in [0.15, 0.2) is 42.3 Å². The quantitative estimate of drug-likeness (QED) is 0.661. The summed E-state index contributed by atoms with van der Waals surface area (Å²) >= 11 is 5.35. The Morgan fingerprint density at radius 1 is 1.37 bits per heavy atom. The first-order valence-corrected chi connectivity index (χ1v) is 6.80. The van der Waals surface area contributed by atoms with E-state index < -0.39 is 0 Å². The average Bonchev–Trinajstić information content (AvgIpc) is 2.54. The fourth-order valence-corrected chi connectivity index (χ4v) is 2.12. The Morgan fingerprint density at radius 3 is 2.53 bits per heavy atom. The van der Waals surface area contributed by atoms with Gasteiger partial charge >= 0.3 is 0 Å². The molecule has 0 aliphatic carbocycles. The van der Waals surface area contributed by atoms with Crippen molar-refractivity contribution in [2.75, 3.05) is 12.4 Å². The summed E-state index contributed by atoms with van der Waals surface area (Å²) in [6.07, 6.45) is 2.01. The summed E-state index contributed by atoms with van der Waals surface area (Å²) in [5.74, 6) is 0.811. The molecule has 1 aromatic rings. The average molecular weight is 276 g/mol. The van der Waals surface area contributed by atoms with Gasteiger partial charge in [-0.15, -0.1) is 0 Å². The molecule has 1 unspecified atom stereocenters. The number of nitrogens with one attached hydrogen (secondary N) is 1. The van der Waals surface area contributed by atoms with Crippen molar-refractivity contribution in [3.05, 3.63) is 42.3 Å². The molecule has 1 aliphatic rings. The van der Waals surface area contributed by atoms with Gasteiger partial charge in [0, 0.05) is 18.8 Å². The third kappa shape index (κ3) is 2.89. The minimum atomic E-state index is -0.0196. The smallest absolute Gasteiger partial charge is 0.192 e. The summed E-state index contributed by atoms with van der Waals surface area (Å²) in [6.45, 7) is 6.39. The van der Waals surface area contributed by atoms with Crippen LogP contribution in [0.5, 0.6) is 0 Å². The van der Waals surface area contributed by atoms with Gasteiger partial charge in [0.05, 0.1) is 5.54 Å². The van der Waals surface area contributed by atoms with Gasteiger partial charge in [-0.05, 0) is 32.9 Å². The van der Waals surface area contributed by atoms with E-state index in [-0.39, 0.29) is 11.6 Å². The third-order valence-electron chi connectivity index (χ3n) is 3.78. The van der Waals surface area contributed by atoms with Gasteiger partial charge in [-0.25, -0.2) is 0 Å². The molecule has 2 rings (SSSR count). The molecule has 3 nitrogen and oxygen atoms in total. The van der Waals surface area contributed by atoms with E-state index >= 15 is 0 Å². The molecule has 0 bridgehead atoms. The van der Waals surface area contributed by atoms with Gasteiger partial charge in [0.1, 0.15) is 11.1 Å². The van der Waals surface area contributed by atoms with Crippen LogP contribution in [-0.2, 0) is 4.74 Å². The van der Waals surface area contributed by atoms with Crippen LogP contribution in [0.1, 0.15) is 20.8 Å². The predicted octanol–water partition coefficient (Wildman–Crippen LogP) is 3.40. The van der Waals surface area contributed by atoms with E-state index in [1.54, 1.807) is 0 Å². The normalized spacial score (nSPS) is 23.3. The monoisotopic (exact) mass is 276 g/mol. The molecule has 19 heavy (non-hydrogen) atoms. The lowest BCUT2D eigenvalue weighted by molar-refractivity contribution is 0.139. The molecular weight excluding hydrogens is 256 g/mol. The number of para-hydroxylation sites is 1. The van der Waals surface area contributed by atoms with E-state index in [2.05, 4.69) is 31.0 Å². The Labute approximate surface area is 120 Å². The van der Waals surface area contributed by atoms with Gasteiger partial charge in [0.2, 0.25) is 0 Å². The second-order valence-electron chi connectivity index (χ2n) is 5.31. The highest BCUT2D eigenvalue weighted by Crippen LogP contribution is 2.33. The highest BCUT2D eigenvalue weighted by Gasteiger charge is 2.40. The number of likely N-dealkylation sites (N-methyl/N-ethyl adjacent to an activating group) is 1. The number of benzene rings is 1. The van der Waals surface area contributed by atoms with Crippen LogP contribution in [-0.4, -0.2) is 28.6 Å². The van der Waals surface area contributed by atoms with E-state index in [4.69, 9.17) is 17.0 Å². The first kappa shape index (κ1) is 13.9. The van der Waals surface area contributed by atoms with Crippen LogP contribution in [0, 0.1) is 0 Å². The highest BCUT2D eigenvalue weighted by atomic mass is 32.1. The Bertz CT molecular complexity index is 496. The maximum Gasteiger partial charge on any atom is 0.192 e. The number of thiocarbonyl (C=S) groups is 1. The molecule has 1 aromatic carbocycles. The maximum absolute atomic E-state index is 5.86. The molecule has 0 saturated carbocycles. The second kappa shape index (κ2) is 5.21. The van der Waals surface area contributed by atoms with E-state index in [0.29, 0.717) is 4.99 Å². The summed E-state index contributed by atoms with van der Waals surface area (Å²) in [7, 11) is 2.03. The molecule has 1 atom stereocenters. The van der Waals surface area contributed by atoms with Gasteiger partial charge in [0.25, 0.3) is 0 Å². The van der Waals surface area contributed by atoms with E-state index in [9.17, 15) is 0 Å². The number of hydrogen-bond acceptors (Lipinski definition) is 3. The van der Waals surface area contributed by atoms with Crippen LogP contribution >= 0.6 is 12.2 Å². The Balaban J connectivity index is 2.08. The van der Waals surface area contributed by atoms with Gasteiger partial charge in [-0.1, -0.05) is 30.4 Å². The number of nitrogens with zero attached hydrogens (tertiary/aromatic N) is 1. The Hall–Kier alpha value is -1.55. The lowest BCUT2D eigenvalue weighted by Crippen LogP contribution is -2.41. The molecule has 0 spiro atoms. The number of hydrogen-bond donors (Lipinski definition) is 1. The van der Waals surface area contributed by atoms with Crippen LogP contribution in [0.3, 0.4) is 0 Å². The number of anilines is 1.